The average molecular weight is 282 g/mol. The molecule has 2 aromatic heterocycles. The highest BCUT2D eigenvalue weighted by Gasteiger charge is 2.18. The molecule has 0 saturated carbocycles. The first kappa shape index (κ1) is 10.2. The molecular weight excluding hydrogens is 270 g/mol. The molecule has 1 atom stereocenters. The molecule has 0 N–H and O–H groups in total. The van der Waals surface area contributed by atoms with Crippen LogP contribution in [-0.2, 0) is 11.2 Å². The number of pyridine rings is 1. The number of ether oxygens (including phenoxy) is 1. The quantitative estimate of drug-likeness (QED) is 0.846. The molecule has 1 aliphatic heterocycles. The van der Waals surface area contributed by atoms with Crippen LogP contribution in [0.1, 0.15) is 12.2 Å². The predicted molar refractivity (Wildman–Crippen MR) is 63.3 cm³/mol. The van der Waals surface area contributed by atoms with Crippen molar-refractivity contribution in [1.82, 2.24) is 14.6 Å². The van der Waals surface area contributed by atoms with Gasteiger partial charge in [-0.05, 0) is 24.5 Å². The lowest BCUT2D eigenvalue weighted by Gasteiger charge is -2.05. The minimum atomic E-state index is 0.594. The number of nitrogens with zero attached hydrogens (tertiary/aromatic N) is 3. The van der Waals surface area contributed by atoms with Crippen molar-refractivity contribution in [3.63, 3.8) is 0 Å². The van der Waals surface area contributed by atoms with Gasteiger partial charge in [0.05, 0.1) is 0 Å². The van der Waals surface area contributed by atoms with E-state index < -0.39 is 0 Å². The number of halogens is 1. The van der Waals surface area contributed by atoms with Crippen LogP contribution < -0.4 is 0 Å². The molecule has 0 radical (unpaired) electrons. The summed E-state index contributed by atoms with van der Waals surface area (Å²) in [6, 6.07) is 3.98. The van der Waals surface area contributed by atoms with Crippen LogP contribution in [0.5, 0.6) is 0 Å². The summed E-state index contributed by atoms with van der Waals surface area (Å²) in [5.74, 6) is 1.62. The Labute approximate surface area is 102 Å². The smallest absolute Gasteiger partial charge is 0.161 e. The lowest BCUT2D eigenvalue weighted by molar-refractivity contribution is 0.185. The highest BCUT2D eigenvalue weighted by molar-refractivity contribution is 9.10. The van der Waals surface area contributed by atoms with Gasteiger partial charge >= 0.3 is 0 Å². The molecule has 0 bridgehead atoms. The van der Waals surface area contributed by atoms with E-state index in [1.807, 2.05) is 22.7 Å². The first-order valence-corrected chi connectivity index (χ1v) is 6.19. The SMILES string of the molecule is Brc1ccn2c(CC3CCOC3)nnc2c1. The fourth-order valence-corrected chi connectivity index (χ4v) is 2.38. The maximum atomic E-state index is 5.37. The summed E-state index contributed by atoms with van der Waals surface area (Å²) in [4.78, 5) is 0. The highest BCUT2D eigenvalue weighted by Crippen LogP contribution is 2.19. The lowest BCUT2D eigenvalue weighted by atomic mass is 10.1. The molecule has 16 heavy (non-hydrogen) atoms. The van der Waals surface area contributed by atoms with Crippen LogP contribution >= 0.6 is 15.9 Å². The normalized spacial score (nSPS) is 20.7. The molecule has 1 aliphatic rings. The van der Waals surface area contributed by atoms with E-state index in [9.17, 15) is 0 Å². The van der Waals surface area contributed by atoms with Crippen LogP contribution in [0, 0.1) is 5.92 Å². The molecule has 5 heteroatoms. The van der Waals surface area contributed by atoms with E-state index in [2.05, 4.69) is 26.1 Å². The second-order valence-electron chi connectivity index (χ2n) is 4.12. The summed E-state index contributed by atoms with van der Waals surface area (Å²) in [5, 5.41) is 8.40. The van der Waals surface area contributed by atoms with E-state index >= 15 is 0 Å². The molecule has 84 valence electrons. The third-order valence-corrected chi connectivity index (χ3v) is 3.43. The Morgan fingerprint density at radius 3 is 3.25 bits per heavy atom. The highest BCUT2D eigenvalue weighted by atomic mass is 79.9. The Hall–Kier alpha value is -0.940. The molecule has 1 fully saturated rings. The maximum absolute atomic E-state index is 5.37. The molecule has 2 aromatic rings. The Morgan fingerprint density at radius 1 is 1.50 bits per heavy atom. The van der Waals surface area contributed by atoms with Gasteiger partial charge in [0.25, 0.3) is 0 Å². The Balaban J connectivity index is 1.91. The molecular formula is C11H12BrN3O. The topological polar surface area (TPSA) is 39.4 Å². The summed E-state index contributed by atoms with van der Waals surface area (Å²) < 4.78 is 8.45. The standard InChI is InChI=1S/C11H12BrN3O/c12-9-1-3-15-10(13-14-11(15)6-9)5-8-2-4-16-7-8/h1,3,6,8H,2,4-5,7H2. The minimum absolute atomic E-state index is 0.594. The summed E-state index contributed by atoms with van der Waals surface area (Å²) in [7, 11) is 0. The van der Waals surface area contributed by atoms with Crippen molar-refractivity contribution in [2.45, 2.75) is 12.8 Å². The van der Waals surface area contributed by atoms with Crippen LogP contribution in [0.4, 0.5) is 0 Å². The molecule has 4 nitrogen and oxygen atoms in total. The third kappa shape index (κ3) is 1.85. The molecule has 0 spiro atoms. The van der Waals surface area contributed by atoms with Gasteiger partial charge < -0.3 is 4.74 Å². The first-order chi connectivity index (χ1) is 7.83. The van der Waals surface area contributed by atoms with E-state index in [4.69, 9.17) is 4.74 Å². The number of rotatable bonds is 2. The largest absolute Gasteiger partial charge is 0.381 e. The minimum Gasteiger partial charge on any atom is -0.381 e. The zero-order valence-electron chi connectivity index (χ0n) is 8.77. The van der Waals surface area contributed by atoms with E-state index in [1.165, 1.54) is 0 Å². The number of fused-ring (bicyclic) bond motifs is 1. The first-order valence-electron chi connectivity index (χ1n) is 5.40. The van der Waals surface area contributed by atoms with Crippen molar-refractivity contribution in [2.75, 3.05) is 13.2 Å². The summed E-state index contributed by atoms with van der Waals surface area (Å²) >= 11 is 3.43. The Morgan fingerprint density at radius 2 is 2.44 bits per heavy atom. The van der Waals surface area contributed by atoms with Crippen molar-refractivity contribution >= 4 is 21.6 Å². The molecule has 3 rings (SSSR count). The van der Waals surface area contributed by atoms with E-state index in [1.54, 1.807) is 0 Å². The van der Waals surface area contributed by atoms with Gasteiger partial charge in [0.15, 0.2) is 5.65 Å². The van der Waals surface area contributed by atoms with Crippen LogP contribution in [-0.4, -0.2) is 27.8 Å². The summed E-state index contributed by atoms with van der Waals surface area (Å²) in [5.41, 5.74) is 0.892. The monoisotopic (exact) mass is 281 g/mol. The number of hydrogen-bond acceptors (Lipinski definition) is 3. The van der Waals surface area contributed by atoms with Crippen LogP contribution in [0.3, 0.4) is 0 Å². The van der Waals surface area contributed by atoms with Crippen molar-refractivity contribution in [1.29, 1.82) is 0 Å². The second kappa shape index (κ2) is 4.14. The van der Waals surface area contributed by atoms with Crippen molar-refractivity contribution in [2.24, 2.45) is 5.92 Å². The maximum Gasteiger partial charge on any atom is 0.161 e. The molecule has 3 heterocycles. The van der Waals surface area contributed by atoms with Crippen LogP contribution in [0.25, 0.3) is 5.65 Å². The van der Waals surface area contributed by atoms with Gasteiger partial charge in [-0.3, -0.25) is 4.40 Å². The Bertz CT molecular complexity index is 505. The van der Waals surface area contributed by atoms with Crippen LogP contribution in [0.15, 0.2) is 22.8 Å². The molecule has 0 aliphatic carbocycles. The van der Waals surface area contributed by atoms with E-state index in [0.717, 1.165) is 42.0 Å². The number of aromatic nitrogens is 3. The molecule has 1 unspecified atom stereocenters. The van der Waals surface area contributed by atoms with Gasteiger partial charge in [0, 0.05) is 30.3 Å². The zero-order chi connectivity index (χ0) is 11.0. The Kier molecular flexibility index (Phi) is 2.65. The lowest BCUT2D eigenvalue weighted by Crippen LogP contribution is -2.07. The number of hydrogen-bond donors (Lipinski definition) is 0. The van der Waals surface area contributed by atoms with Crippen molar-refractivity contribution < 1.29 is 4.74 Å². The van der Waals surface area contributed by atoms with Crippen molar-refractivity contribution in [3.8, 4) is 0 Å². The predicted octanol–water partition coefficient (Wildman–Crippen LogP) is 2.07. The van der Waals surface area contributed by atoms with Crippen LogP contribution in [0.2, 0.25) is 0 Å². The van der Waals surface area contributed by atoms with Gasteiger partial charge in [-0.2, -0.15) is 0 Å². The summed E-state index contributed by atoms with van der Waals surface area (Å²) in [6.45, 7) is 1.73. The summed E-state index contributed by atoms with van der Waals surface area (Å²) in [6.07, 6.45) is 4.08. The van der Waals surface area contributed by atoms with Gasteiger partial charge in [-0.15, -0.1) is 10.2 Å². The van der Waals surface area contributed by atoms with E-state index in [-0.39, 0.29) is 0 Å². The fourth-order valence-electron chi connectivity index (χ4n) is 2.06. The van der Waals surface area contributed by atoms with Gasteiger partial charge in [-0.25, -0.2) is 0 Å². The molecule has 0 aromatic carbocycles. The average Bonchev–Trinajstić information content (AvgIpc) is 2.89. The molecule has 1 saturated heterocycles. The van der Waals surface area contributed by atoms with Crippen molar-refractivity contribution in [3.05, 3.63) is 28.6 Å². The van der Waals surface area contributed by atoms with Gasteiger partial charge in [0.2, 0.25) is 0 Å². The second-order valence-corrected chi connectivity index (χ2v) is 5.04. The zero-order valence-corrected chi connectivity index (χ0v) is 10.4. The van der Waals surface area contributed by atoms with Gasteiger partial charge in [0.1, 0.15) is 5.82 Å². The fraction of sp³-hybridized carbons (Fsp3) is 0.455. The van der Waals surface area contributed by atoms with Gasteiger partial charge in [-0.1, -0.05) is 15.9 Å². The van der Waals surface area contributed by atoms with E-state index in [0.29, 0.717) is 5.92 Å². The third-order valence-electron chi connectivity index (χ3n) is 2.94. The molecule has 0 amide bonds.